The Balaban J connectivity index is 2.03. The van der Waals surface area contributed by atoms with E-state index in [1.165, 1.54) is 33.5 Å². The van der Waals surface area contributed by atoms with Crippen molar-refractivity contribution in [3.63, 3.8) is 0 Å². The Labute approximate surface area is 182 Å². The number of nitrogens with one attached hydrogen (secondary N) is 1. The minimum absolute atomic E-state index is 0.0426. The molecule has 0 aliphatic carbocycles. The van der Waals surface area contributed by atoms with Crippen LogP contribution in [0.4, 0.5) is 0 Å². The zero-order valence-electron chi connectivity index (χ0n) is 17.3. The van der Waals surface area contributed by atoms with Gasteiger partial charge in [-0.3, -0.25) is 9.59 Å². The number of carbonyl (C=O) groups is 2. The number of likely N-dealkylation sites (N-methyl/N-ethyl adjacent to an activating group) is 1. The normalized spacial score (nSPS) is 11.4. The second-order valence-electron chi connectivity index (χ2n) is 6.64. The average molecular weight is 452 g/mol. The van der Waals surface area contributed by atoms with E-state index in [2.05, 4.69) is 5.32 Å². The highest BCUT2D eigenvalue weighted by Crippen LogP contribution is 2.18. The van der Waals surface area contributed by atoms with Crippen LogP contribution in [0.2, 0.25) is 5.02 Å². The van der Waals surface area contributed by atoms with Crippen LogP contribution in [0, 0.1) is 0 Å². The third-order valence-electron chi connectivity index (χ3n) is 4.63. The van der Waals surface area contributed by atoms with Gasteiger partial charge in [-0.1, -0.05) is 49.7 Å². The summed E-state index contributed by atoms with van der Waals surface area (Å²) in [5.74, 6) is -0.818. The molecule has 0 unspecified atom stereocenters. The van der Waals surface area contributed by atoms with Crippen LogP contribution in [0.15, 0.2) is 53.4 Å². The average Bonchev–Trinajstić information content (AvgIpc) is 2.74. The van der Waals surface area contributed by atoms with E-state index in [4.69, 9.17) is 11.6 Å². The SMILES string of the molecule is CCN(CC)S(=O)(=O)c1cccc(C(=O)NCC(=O)N(C)Cc2ccccc2Cl)c1. The van der Waals surface area contributed by atoms with Crippen molar-refractivity contribution in [2.24, 2.45) is 0 Å². The monoisotopic (exact) mass is 451 g/mol. The molecule has 0 saturated carbocycles. The summed E-state index contributed by atoms with van der Waals surface area (Å²) in [4.78, 5) is 26.3. The first-order valence-corrected chi connectivity index (χ1v) is 11.4. The zero-order chi connectivity index (χ0) is 22.3. The Morgan fingerprint density at radius 2 is 1.70 bits per heavy atom. The molecule has 0 aliphatic rings. The molecule has 2 aromatic carbocycles. The molecular weight excluding hydrogens is 426 g/mol. The van der Waals surface area contributed by atoms with Crippen molar-refractivity contribution in [2.45, 2.75) is 25.3 Å². The van der Waals surface area contributed by atoms with Crippen molar-refractivity contribution in [3.05, 3.63) is 64.7 Å². The van der Waals surface area contributed by atoms with E-state index in [9.17, 15) is 18.0 Å². The molecule has 1 N–H and O–H groups in total. The van der Waals surface area contributed by atoms with Crippen molar-refractivity contribution in [1.29, 1.82) is 0 Å². The van der Waals surface area contributed by atoms with Crippen LogP contribution < -0.4 is 5.32 Å². The lowest BCUT2D eigenvalue weighted by Gasteiger charge is -2.19. The minimum Gasteiger partial charge on any atom is -0.343 e. The molecule has 0 saturated heterocycles. The molecule has 0 heterocycles. The first-order valence-electron chi connectivity index (χ1n) is 9.56. The Morgan fingerprint density at radius 3 is 2.33 bits per heavy atom. The second-order valence-corrected chi connectivity index (χ2v) is 8.99. The maximum absolute atomic E-state index is 12.6. The van der Waals surface area contributed by atoms with Gasteiger partial charge in [-0.2, -0.15) is 4.31 Å². The number of nitrogens with zero attached hydrogens (tertiary/aromatic N) is 2. The molecule has 0 aliphatic heterocycles. The summed E-state index contributed by atoms with van der Waals surface area (Å²) < 4.78 is 26.6. The van der Waals surface area contributed by atoms with E-state index in [1.807, 2.05) is 18.2 Å². The topological polar surface area (TPSA) is 86.8 Å². The molecule has 0 atom stereocenters. The van der Waals surface area contributed by atoms with E-state index >= 15 is 0 Å². The van der Waals surface area contributed by atoms with Gasteiger partial charge in [-0.05, 0) is 29.8 Å². The first-order chi connectivity index (χ1) is 14.2. The van der Waals surface area contributed by atoms with Gasteiger partial charge in [0.25, 0.3) is 5.91 Å². The van der Waals surface area contributed by atoms with Gasteiger partial charge in [0.05, 0.1) is 11.4 Å². The van der Waals surface area contributed by atoms with Crippen LogP contribution in [0.25, 0.3) is 0 Å². The van der Waals surface area contributed by atoms with Gasteiger partial charge in [0.15, 0.2) is 0 Å². The summed E-state index contributed by atoms with van der Waals surface area (Å²) >= 11 is 6.12. The molecular formula is C21H26ClN3O4S. The highest BCUT2D eigenvalue weighted by atomic mass is 35.5. The smallest absolute Gasteiger partial charge is 0.251 e. The summed E-state index contributed by atoms with van der Waals surface area (Å²) in [6, 6.07) is 13.0. The summed E-state index contributed by atoms with van der Waals surface area (Å²) in [5.41, 5.74) is 0.973. The lowest BCUT2D eigenvalue weighted by Crippen LogP contribution is -2.38. The van der Waals surface area contributed by atoms with E-state index in [-0.39, 0.29) is 22.9 Å². The lowest BCUT2D eigenvalue weighted by molar-refractivity contribution is -0.129. The van der Waals surface area contributed by atoms with Gasteiger partial charge < -0.3 is 10.2 Å². The van der Waals surface area contributed by atoms with Gasteiger partial charge in [0.2, 0.25) is 15.9 Å². The van der Waals surface area contributed by atoms with Crippen LogP contribution in [-0.4, -0.2) is 56.1 Å². The summed E-state index contributed by atoms with van der Waals surface area (Å²) in [7, 11) is -2.05. The fourth-order valence-electron chi connectivity index (χ4n) is 2.87. The molecule has 0 spiro atoms. The molecule has 2 aromatic rings. The van der Waals surface area contributed by atoms with Gasteiger partial charge >= 0.3 is 0 Å². The van der Waals surface area contributed by atoms with Crippen molar-refractivity contribution in [2.75, 3.05) is 26.7 Å². The van der Waals surface area contributed by atoms with Gasteiger partial charge in [-0.15, -0.1) is 0 Å². The fourth-order valence-corrected chi connectivity index (χ4v) is 4.57. The number of amides is 2. The van der Waals surface area contributed by atoms with Crippen molar-refractivity contribution in [3.8, 4) is 0 Å². The van der Waals surface area contributed by atoms with Crippen molar-refractivity contribution < 1.29 is 18.0 Å². The summed E-state index contributed by atoms with van der Waals surface area (Å²) in [5, 5.41) is 3.11. The van der Waals surface area contributed by atoms with Crippen LogP contribution in [0.5, 0.6) is 0 Å². The molecule has 0 aromatic heterocycles. The second kappa shape index (κ2) is 10.6. The summed E-state index contributed by atoms with van der Waals surface area (Å²) in [6.07, 6.45) is 0. The number of hydrogen-bond donors (Lipinski definition) is 1. The Morgan fingerprint density at radius 1 is 1.03 bits per heavy atom. The molecule has 2 rings (SSSR count). The Hall–Kier alpha value is -2.42. The lowest BCUT2D eigenvalue weighted by atomic mass is 10.2. The van der Waals surface area contributed by atoms with E-state index in [1.54, 1.807) is 27.0 Å². The molecule has 2 amide bonds. The molecule has 7 nitrogen and oxygen atoms in total. The van der Waals surface area contributed by atoms with Crippen LogP contribution in [0.3, 0.4) is 0 Å². The maximum Gasteiger partial charge on any atom is 0.251 e. The molecule has 0 bridgehead atoms. The third-order valence-corrected chi connectivity index (χ3v) is 7.05. The molecule has 0 fully saturated rings. The van der Waals surface area contributed by atoms with Crippen LogP contribution >= 0.6 is 11.6 Å². The van der Waals surface area contributed by atoms with Crippen molar-refractivity contribution >= 4 is 33.4 Å². The Kier molecular flexibility index (Phi) is 8.40. The van der Waals surface area contributed by atoms with E-state index in [0.717, 1.165) is 5.56 Å². The van der Waals surface area contributed by atoms with Crippen molar-refractivity contribution in [1.82, 2.24) is 14.5 Å². The molecule has 30 heavy (non-hydrogen) atoms. The number of benzene rings is 2. The fraction of sp³-hybridized carbons (Fsp3) is 0.333. The van der Waals surface area contributed by atoms with E-state index < -0.39 is 15.9 Å². The number of rotatable bonds is 9. The molecule has 9 heteroatoms. The standard InChI is InChI=1S/C21H26ClN3O4S/c1-4-25(5-2)30(28,29)18-11-8-10-16(13-18)21(27)23-14-20(26)24(3)15-17-9-6-7-12-19(17)22/h6-13H,4-5,14-15H2,1-3H3,(H,23,27). The Bertz CT molecular complexity index is 1010. The van der Waals surface area contributed by atoms with Crippen LogP contribution in [0.1, 0.15) is 29.8 Å². The first kappa shape index (κ1) is 23.9. The quantitative estimate of drug-likeness (QED) is 0.635. The number of carbonyl (C=O) groups excluding carboxylic acids is 2. The highest BCUT2D eigenvalue weighted by molar-refractivity contribution is 7.89. The molecule has 162 valence electrons. The van der Waals surface area contributed by atoms with E-state index in [0.29, 0.717) is 24.7 Å². The highest BCUT2D eigenvalue weighted by Gasteiger charge is 2.22. The predicted octanol–water partition coefficient (Wildman–Crippen LogP) is 2.76. The molecule has 0 radical (unpaired) electrons. The third kappa shape index (κ3) is 5.81. The van der Waals surface area contributed by atoms with Gasteiger partial charge in [0.1, 0.15) is 0 Å². The van der Waals surface area contributed by atoms with Crippen LogP contribution in [-0.2, 0) is 21.4 Å². The number of hydrogen-bond acceptors (Lipinski definition) is 4. The van der Waals surface area contributed by atoms with Gasteiger partial charge in [0, 0.05) is 37.3 Å². The number of halogens is 1. The predicted molar refractivity (Wildman–Crippen MR) is 117 cm³/mol. The van der Waals surface area contributed by atoms with Gasteiger partial charge in [-0.25, -0.2) is 8.42 Å². The number of sulfonamides is 1. The largest absolute Gasteiger partial charge is 0.343 e. The minimum atomic E-state index is -3.67. The zero-order valence-corrected chi connectivity index (χ0v) is 18.8. The maximum atomic E-state index is 12.6. The summed E-state index contributed by atoms with van der Waals surface area (Å²) in [6.45, 7) is 4.27.